The quantitative estimate of drug-likeness (QED) is 0.583. The third-order valence-corrected chi connectivity index (χ3v) is 5.19. The molecule has 4 rings (SSSR count). The maximum atomic E-state index is 12.9. The van der Waals surface area contributed by atoms with Crippen LogP contribution in [0.5, 0.6) is 0 Å². The van der Waals surface area contributed by atoms with Crippen LogP contribution in [0.2, 0.25) is 5.15 Å². The van der Waals surface area contributed by atoms with Crippen molar-refractivity contribution >= 4 is 28.5 Å². The van der Waals surface area contributed by atoms with Gasteiger partial charge in [-0.2, -0.15) is 13.2 Å². The summed E-state index contributed by atoms with van der Waals surface area (Å²) < 4.78 is 40.5. The second-order valence-electron chi connectivity index (χ2n) is 6.72. The third-order valence-electron chi connectivity index (χ3n) is 4.98. The van der Waals surface area contributed by atoms with E-state index >= 15 is 0 Å². The lowest BCUT2D eigenvalue weighted by atomic mass is 10.0. The fraction of sp³-hybridized carbons (Fsp3) is 0.316. The van der Waals surface area contributed by atoms with Crippen molar-refractivity contribution in [2.75, 3.05) is 13.1 Å². The molecule has 0 bridgehead atoms. The summed E-state index contributed by atoms with van der Waals surface area (Å²) >= 11 is 5.85. The molecular weight excluding hydrogens is 393 g/mol. The lowest BCUT2D eigenvalue weighted by Crippen LogP contribution is -2.39. The number of piperidine rings is 1. The molecule has 0 N–H and O–H groups in total. The molecule has 2 aromatic heterocycles. The highest BCUT2D eigenvalue weighted by atomic mass is 35.5. The third kappa shape index (κ3) is 3.56. The van der Waals surface area contributed by atoms with Crippen LogP contribution < -0.4 is 0 Å². The number of halogens is 4. The van der Waals surface area contributed by atoms with Gasteiger partial charge in [0.1, 0.15) is 10.8 Å². The average molecular weight is 409 g/mol. The summed E-state index contributed by atoms with van der Waals surface area (Å²) in [6, 6.07) is 8.58. The Labute approximate surface area is 163 Å². The number of pyridine rings is 1. The van der Waals surface area contributed by atoms with Crippen molar-refractivity contribution in [2.24, 2.45) is 0 Å². The second-order valence-corrected chi connectivity index (χ2v) is 7.11. The first-order valence-corrected chi connectivity index (χ1v) is 9.16. The van der Waals surface area contributed by atoms with Crippen molar-refractivity contribution in [1.29, 1.82) is 0 Å². The maximum absolute atomic E-state index is 12.9. The van der Waals surface area contributed by atoms with E-state index in [0.29, 0.717) is 42.7 Å². The number of hydrogen-bond donors (Lipinski definition) is 0. The van der Waals surface area contributed by atoms with Crippen molar-refractivity contribution in [3.63, 3.8) is 0 Å². The summed E-state index contributed by atoms with van der Waals surface area (Å²) in [5, 5.41) is 0.267. The molecule has 1 fully saturated rings. The number of carbonyl (C=O) groups excluding carboxylic acids is 1. The minimum absolute atomic E-state index is 0.0677. The van der Waals surface area contributed by atoms with Gasteiger partial charge in [0.15, 0.2) is 0 Å². The molecule has 5 nitrogen and oxygen atoms in total. The van der Waals surface area contributed by atoms with Crippen LogP contribution in [-0.4, -0.2) is 38.4 Å². The van der Waals surface area contributed by atoms with Crippen LogP contribution in [-0.2, 0) is 6.18 Å². The van der Waals surface area contributed by atoms with Crippen molar-refractivity contribution in [1.82, 2.24) is 19.4 Å². The summed E-state index contributed by atoms with van der Waals surface area (Å²) in [5.41, 5.74) is 0.573. The van der Waals surface area contributed by atoms with E-state index in [4.69, 9.17) is 11.6 Å². The van der Waals surface area contributed by atoms with Crippen LogP contribution in [0.4, 0.5) is 13.2 Å². The van der Waals surface area contributed by atoms with Gasteiger partial charge in [-0.05, 0) is 43.2 Å². The fourth-order valence-electron chi connectivity index (χ4n) is 3.54. The highest BCUT2D eigenvalue weighted by Crippen LogP contribution is 2.33. The Hall–Kier alpha value is -2.61. The normalized spacial score (nSPS) is 15.9. The molecule has 0 spiro atoms. The van der Waals surface area contributed by atoms with Gasteiger partial charge in [-0.25, -0.2) is 9.97 Å². The molecule has 1 amide bonds. The van der Waals surface area contributed by atoms with Gasteiger partial charge in [-0.3, -0.25) is 4.79 Å². The molecule has 1 aliphatic rings. The first-order valence-electron chi connectivity index (χ1n) is 8.78. The summed E-state index contributed by atoms with van der Waals surface area (Å²) in [7, 11) is 0. The van der Waals surface area contributed by atoms with Crippen LogP contribution in [0, 0.1) is 0 Å². The van der Waals surface area contributed by atoms with E-state index in [1.807, 2.05) is 4.57 Å². The standard InChI is InChI=1S/C19H16ClF3N4O/c20-17-3-1-2-14(25-17)18(28)26-8-6-13(7-9-26)27-11-24-15-10-12(19(21,22)23)4-5-16(15)27/h1-5,10-11,13H,6-9H2. The van der Waals surface area contributed by atoms with Crippen molar-refractivity contribution < 1.29 is 18.0 Å². The van der Waals surface area contributed by atoms with Crippen molar-refractivity contribution in [3.8, 4) is 0 Å². The molecule has 0 radical (unpaired) electrons. The number of amides is 1. The molecule has 0 atom stereocenters. The number of imidazole rings is 1. The van der Waals surface area contributed by atoms with E-state index in [9.17, 15) is 18.0 Å². The molecule has 0 aliphatic carbocycles. The predicted molar refractivity (Wildman–Crippen MR) is 98.2 cm³/mol. The Bertz CT molecular complexity index is 1030. The number of rotatable bonds is 2. The van der Waals surface area contributed by atoms with Crippen LogP contribution in [0.25, 0.3) is 11.0 Å². The largest absolute Gasteiger partial charge is 0.416 e. The zero-order valence-electron chi connectivity index (χ0n) is 14.7. The van der Waals surface area contributed by atoms with E-state index in [1.165, 1.54) is 6.07 Å². The van der Waals surface area contributed by atoms with Gasteiger partial charge in [0.05, 0.1) is 22.9 Å². The smallest absolute Gasteiger partial charge is 0.337 e. The highest BCUT2D eigenvalue weighted by Gasteiger charge is 2.31. The molecule has 0 unspecified atom stereocenters. The van der Waals surface area contributed by atoms with Gasteiger partial charge in [0, 0.05) is 19.1 Å². The van der Waals surface area contributed by atoms with Gasteiger partial charge in [-0.1, -0.05) is 17.7 Å². The molecule has 28 heavy (non-hydrogen) atoms. The average Bonchev–Trinajstić information content (AvgIpc) is 3.10. The number of benzene rings is 1. The SMILES string of the molecule is O=C(c1cccc(Cl)n1)N1CCC(n2cnc3cc(C(F)(F)F)ccc32)CC1. The first kappa shape index (κ1) is 18.7. The van der Waals surface area contributed by atoms with E-state index in [0.717, 1.165) is 12.1 Å². The fourth-order valence-corrected chi connectivity index (χ4v) is 3.70. The molecular formula is C19H16ClF3N4O. The summed E-state index contributed by atoms with van der Waals surface area (Å²) in [5.74, 6) is -0.175. The Morgan fingerprint density at radius 1 is 1.14 bits per heavy atom. The number of fused-ring (bicyclic) bond motifs is 1. The topological polar surface area (TPSA) is 51.0 Å². The molecule has 3 aromatic rings. The lowest BCUT2D eigenvalue weighted by molar-refractivity contribution is -0.137. The number of aromatic nitrogens is 3. The van der Waals surface area contributed by atoms with Crippen LogP contribution in [0.1, 0.15) is 34.9 Å². The van der Waals surface area contributed by atoms with E-state index < -0.39 is 11.7 Å². The first-order chi connectivity index (χ1) is 13.3. The minimum Gasteiger partial charge on any atom is -0.337 e. The van der Waals surface area contributed by atoms with Crippen LogP contribution in [0.3, 0.4) is 0 Å². The number of likely N-dealkylation sites (tertiary alicyclic amines) is 1. The van der Waals surface area contributed by atoms with E-state index in [1.54, 1.807) is 29.4 Å². The zero-order valence-corrected chi connectivity index (χ0v) is 15.4. The number of alkyl halides is 3. The Kier molecular flexibility index (Phi) is 4.74. The Balaban J connectivity index is 1.49. The van der Waals surface area contributed by atoms with Gasteiger partial charge in [0.2, 0.25) is 0 Å². The van der Waals surface area contributed by atoms with Gasteiger partial charge < -0.3 is 9.47 Å². The Morgan fingerprint density at radius 3 is 2.57 bits per heavy atom. The van der Waals surface area contributed by atoms with Gasteiger partial charge in [0.25, 0.3) is 5.91 Å². The van der Waals surface area contributed by atoms with Crippen LogP contribution >= 0.6 is 11.6 Å². The number of hydrogen-bond acceptors (Lipinski definition) is 3. The molecule has 1 aromatic carbocycles. The predicted octanol–water partition coefficient (Wildman–Crippen LogP) is 4.58. The second kappa shape index (κ2) is 7.09. The maximum Gasteiger partial charge on any atom is 0.416 e. The molecule has 1 aliphatic heterocycles. The van der Waals surface area contributed by atoms with Crippen LogP contribution in [0.15, 0.2) is 42.7 Å². The monoisotopic (exact) mass is 408 g/mol. The summed E-state index contributed by atoms with van der Waals surface area (Å²) in [6.07, 6.45) is -1.46. The molecule has 0 saturated carbocycles. The highest BCUT2D eigenvalue weighted by molar-refractivity contribution is 6.29. The molecule has 1 saturated heterocycles. The van der Waals surface area contributed by atoms with E-state index in [2.05, 4.69) is 9.97 Å². The Morgan fingerprint density at radius 2 is 1.89 bits per heavy atom. The van der Waals surface area contributed by atoms with Crippen molar-refractivity contribution in [3.05, 3.63) is 59.1 Å². The summed E-state index contributed by atoms with van der Waals surface area (Å²) in [4.78, 5) is 22.5. The molecule has 3 heterocycles. The number of nitrogens with zero attached hydrogens (tertiary/aromatic N) is 4. The minimum atomic E-state index is -4.39. The summed E-state index contributed by atoms with van der Waals surface area (Å²) in [6.45, 7) is 1.05. The van der Waals surface area contributed by atoms with Gasteiger partial charge in [-0.15, -0.1) is 0 Å². The lowest BCUT2D eigenvalue weighted by Gasteiger charge is -2.32. The molecule has 9 heteroatoms. The zero-order chi connectivity index (χ0) is 19.9. The van der Waals surface area contributed by atoms with E-state index in [-0.39, 0.29) is 17.1 Å². The molecule has 146 valence electrons. The van der Waals surface area contributed by atoms with Gasteiger partial charge >= 0.3 is 6.18 Å². The van der Waals surface area contributed by atoms with Crippen molar-refractivity contribution in [2.45, 2.75) is 25.1 Å². The number of carbonyl (C=O) groups is 1.